The smallest absolute Gasteiger partial charge is 0.259 e. The first-order valence-corrected chi connectivity index (χ1v) is 10.8. The number of aromatic nitrogens is 1. The molecule has 0 aliphatic rings. The molecule has 0 radical (unpaired) electrons. The first kappa shape index (κ1) is 20.9. The van der Waals surface area contributed by atoms with Gasteiger partial charge < -0.3 is 14.5 Å². The highest BCUT2D eigenvalue weighted by Gasteiger charge is 2.17. The van der Waals surface area contributed by atoms with Gasteiger partial charge in [-0.25, -0.2) is 4.98 Å². The lowest BCUT2D eigenvalue weighted by Crippen LogP contribution is -2.13. The Hall–Kier alpha value is -2.35. The van der Waals surface area contributed by atoms with Crippen LogP contribution in [-0.2, 0) is 0 Å². The van der Waals surface area contributed by atoms with E-state index in [1.54, 1.807) is 24.3 Å². The number of nitrogens with one attached hydrogen (secondary N) is 1. The second-order valence-electron chi connectivity index (χ2n) is 6.59. The number of amides is 1. The predicted octanol–water partition coefficient (Wildman–Crippen LogP) is 7.24. The third-order valence-corrected chi connectivity index (χ3v) is 5.98. The zero-order chi connectivity index (χ0) is 21.4. The molecule has 0 saturated carbocycles. The van der Waals surface area contributed by atoms with Crippen molar-refractivity contribution in [1.29, 1.82) is 0 Å². The molecule has 0 bridgehead atoms. The van der Waals surface area contributed by atoms with Crippen molar-refractivity contribution in [1.82, 2.24) is 4.98 Å². The summed E-state index contributed by atoms with van der Waals surface area (Å²) in [4.78, 5) is 17.4. The summed E-state index contributed by atoms with van der Waals surface area (Å²) in [5.41, 5.74) is 4.00. The van der Waals surface area contributed by atoms with Crippen LogP contribution in [0.1, 0.15) is 15.9 Å². The van der Waals surface area contributed by atoms with Crippen LogP contribution in [0.25, 0.3) is 22.6 Å². The van der Waals surface area contributed by atoms with Gasteiger partial charge in [0.15, 0.2) is 5.58 Å². The van der Waals surface area contributed by atoms with E-state index in [0.29, 0.717) is 43.5 Å². The monoisotopic (exact) mass is 548 g/mol. The Morgan fingerprint density at radius 3 is 2.67 bits per heavy atom. The van der Waals surface area contributed by atoms with Crippen LogP contribution < -0.4 is 10.1 Å². The van der Waals surface area contributed by atoms with Crippen molar-refractivity contribution in [3.8, 4) is 17.2 Å². The van der Waals surface area contributed by atoms with Gasteiger partial charge in [0.05, 0.1) is 17.1 Å². The Balaban J connectivity index is 1.64. The Morgan fingerprint density at radius 2 is 1.93 bits per heavy atom. The molecule has 1 aromatic heterocycles. The van der Waals surface area contributed by atoms with Crippen molar-refractivity contribution >= 4 is 66.2 Å². The number of benzene rings is 3. The van der Waals surface area contributed by atoms with Crippen LogP contribution in [0.15, 0.2) is 61.9 Å². The molecule has 0 spiro atoms. The zero-order valence-corrected chi connectivity index (χ0v) is 19.9. The van der Waals surface area contributed by atoms with Crippen molar-refractivity contribution < 1.29 is 13.9 Å². The number of ether oxygens (including phenoxy) is 1. The molecule has 1 amide bonds. The molecule has 5 nitrogen and oxygen atoms in total. The fraction of sp³-hybridized carbons (Fsp3) is 0.0909. The van der Waals surface area contributed by atoms with E-state index in [2.05, 4.69) is 42.2 Å². The van der Waals surface area contributed by atoms with E-state index in [0.717, 1.165) is 15.6 Å². The zero-order valence-electron chi connectivity index (χ0n) is 15.9. The Bertz CT molecular complexity index is 1290. The van der Waals surface area contributed by atoms with Crippen molar-refractivity contribution in [2.45, 2.75) is 6.92 Å². The van der Waals surface area contributed by atoms with E-state index in [-0.39, 0.29) is 5.91 Å². The molecule has 0 aliphatic carbocycles. The molecule has 8 heteroatoms. The minimum Gasteiger partial charge on any atom is -0.495 e. The number of fused-ring (bicyclic) bond motifs is 1. The summed E-state index contributed by atoms with van der Waals surface area (Å²) < 4.78 is 12.6. The summed E-state index contributed by atoms with van der Waals surface area (Å²) in [6.07, 6.45) is 0. The minimum absolute atomic E-state index is 0.303. The number of aryl methyl sites for hydroxylation is 1. The molecule has 0 atom stereocenters. The average Bonchev–Trinajstić information content (AvgIpc) is 3.13. The Kier molecular flexibility index (Phi) is 5.86. The third kappa shape index (κ3) is 4.10. The van der Waals surface area contributed by atoms with Crippen LogP contribution in [-0.4, -0.2) is 18.0 Å². The van der Waals surface area contributed by atoms with Crippen LogP contribution in [0.4, 0.5) is 5.69 Å². The van der Waals surface area contributed by atoms with E-state index in [9.17, 15) is 4.79 Å². The molecule has 1 heterocycles. The minimum atomic E-state index is -0.303. The number of anilines is 1. The molecule has 30 heavy (non-hydrogen) atoms. The first-order chi connectivity index (χ1) is 14.4. The second kappa shape index (κ2) is 8.41. The van der Waals surface area contributed by atoms with E-state index in [1.807, 2.05) is 31.2 Å². The lowest BCUT2D eigenvalue weighted by atomic mass is 10.1. The molecular formula is C22H15Br2ClN2O3. The number of oxazole rings is 1. The lowest BCUT2D eigenvalue weighted by molar-refractivity contribution is 0.102. The number of carbonyl (C=O) groups excluding carboxylic acids is 1. The van der Waals surface area contributed by atoms with Crippen LogP contribution >= 0.6 is 43.5 Å². The van der Waals surface area contributed by atoms with Gasteiger partial charge in [-0.05, 0) is 70.9 Å². The van der Waals surface area contributed by atoms with Gasteiger partial charge in [-0.1, -0.05) is 33.6 Å². The third-order valence-electron chi connectivity index (χ3n) is 4.52. The number of carbonyl (C=O) groups is 1. The summed E-state index contributed by atoms with van der Waals surface area (Å²) in [7, 11) is 1.52. The Labute approximate surface area is 194 Å². The van der Waals surface area contributed by atoms with Crippen LogP contribution in [0.3, 0.4) is 0 Å². The highest BCUT2D eigenvalue weighted by molar-refractivity contribution is 9.11. The van der Waals surface area contributed by atoms with Crippen LogP contribution in [0, 0.1) is 6.92 Å². The largest absolute Gasteiger partial charge is 0.495 e. The number of methoxy groups -OCH3 is 1. The van der Waals surface area contributed by atoms with Crippen molar-refractivity contribution in [3.63, 3.8) is 0 Å². The second-order valence-corrected chi connectivity index (χ2v) is 8.77. The normalized spacial score (nSPS) is 11.0. The van der Waals surface area contributed by atoms with Crippen molar-refractivity contribution in [3.05, 3.63) is 73.6 Å². The summed E-state index contributed by atoms with van der Waals surface area (Å²) in [5, 5.41) is 3.53. The summed E-state index contributed by atoms with van der Waals surface area (Å²) >= 11 is 13.0. The molecule has 0 fully saturated rings. The van der Waals surface area contributed by atoms with Gasteiger partial charge in [0.2, 0.25) is 5.89 Å². The summed E-state index contributed by atoms with van der Waals surface area (Å²) in [5.74, 6) is 0.618. The van der Waals surface area contributed by atoms with Gasteiger partial charge >= 0.3 is 0 Å². The van der Waals surface area contributed by atoms with E-state index in [4.69, 9.17) is 20.8 Å². The van der Waals surface area contributed by atoms with Gasteiger partial charge in [-0.15, -0.1) is 0 Å². The van der Waals surface area contributed by atoms with Crippen molar-refractivity contribution in [2.75, 3.05) is 12.4 Å². The molecule has 3 aromatic carbocycles. The number of rotatable bonds is 4. The number of nitrogens with zero attached hydrogens (tertiary/aromatic N) is 1. The molecule has 0 aliphatic heterocycles. The Morgan fingerprint density at radius 1 is 1.13 bits per heavy atom. The number of hydrogen-bond acceptors (Lipinski definition) is 4. The fourth-order valence-electron chi connectivity index (χ4n) is 2.99. The maximum Gasteiger partial charge on any atom is 0.259 e. The molecule has 0 unspecified atom stereocenters. The SMILES string of the molecule is COc1c(Br)cc(Br)cc1C(=O)Nc1ccc2oc(-c3ccc(C)c(Cl)c3)nc2c1. The first-order valence-electron chi connectivity index (χ1n) is 8.87. The molecule has 0 saturated heterocycles. The quantitative estimate of drug-likeness (QED) is 0.291. The molecule has 152 valence electrons. The molecule has 4 rings (SSSR count). The predicted molar refractivity (Wildman–Crippen MR) is 126 cm³/mol. The maximum atomic E-state index is 12.8. The van der Waals surface area contributed by atoms with Gasteiger partial charge in [0.1, 0.15) is 11.3 Å². The fourth-order valence-corrected chi connectivity index (χ4v) is 4.56. The molecule has 4 aromatic rings. The highest BCUT2D eigenvalue weighted by atomic mass is 79.9. The highest BCUT2D eigenvalue weighted by Crippen LogP contribution is 2.34. The van der Waals surface area contributed by atoms with Crippen LogP contribution in [0.5, 0.6) is 5.75 Å². The molecular weight excluding hydrogens is 536 g/mol. The number of hydrogen-bond donors (Lipinski definition) is 1. The van der Waals surface area contributed by atoms with Gasteiger partial charge in [0.25, 0.3) is 5.91 Å². The van der Waals surface area contributed by atoms with E-state index >= 15 is 0 Å². The van der Waals surface area contributed by atoms with Gasteiger partial charge in [0, 0.05) is 20.7 Å². The van der Waals surface area contributed by atoms with Crippen molar-refractivity contribution in [2.24, 2.45) is 0 Å². The van der Waals surface area contributed by atoms with Crippen LogP contribution in [0.2, 0.25) is 5.02 Å². The average molecular weight is 551 g/mol. The summed E-state index contributed by atoms with van der Waals surface area (Å²) in [6.45, 7) is 1.94. The number of halogens is 3. The molecule has 1 N–H and O–H groups in total. The van der Waals surface area contributed by atoms with Gasteiger partial charge in [-0.2, -0.15) is 0 Å². The van der Waals surface area contributed by atoms with E-state index in [1.165, 1.54) is 7.11 Å². The maximum absolute atomic E-state index is 12.8. The van der Waals surface area contributed by atoms with Gasteiger partial charge in [-0.3, -0.25) is 4.79 Å². The standard InChI is InChI=1S/C22H15Br2ClN2O3/c1-11-3-4-12(7-17(11)25)22-27-18-10-14(5-6-19(18)30-22)26-21(28)15-8-13(23)9-16(24)20(15)29-2/h3-10H,1-2H3,(H,26,28). The lowest BCUT2D eigenvalue weighted by Gasteiger charge is -2.11. The van der Waals surface area contributed by atoms with E-state index < -0.39 is 0 Å². The topological polar surface area (TPSA) is 64.4 Å². The summed E-state index contributed by atoms with van der Waals surface area (Å²) in [6, 6.07) is 14.5.